The second kappa shape index (κ2) is 4.30. The van der Waals surface area contributed by atoms with Crippen molar-refractivity contribution in [2.45, 2.75) is 37.1 Å². The number of hydrogen-bond acceptors (Lipinski definition) is 3. The smallest absolute Gasteiger partial charge is 0.0519 e. The molecule has 0 amide bonds. The Morgan fingerprint density at radius 1 is 1.44 bits per heavy atom. The molecule has 1 unspecified atom stereocenters. The summed E-state index contributed by atoms with van der Waals surface area (Å²) in [4.78, 5) is 1.36. The average molecular weight is 236 g/mol. The van der Waals surface area contributed by atoms with Crippen LogP contribution in [0.2, 0.25) is 0 Å². The minimum Gasteiger partial charge on any atom is -0.379 e. The van der Waals surface area contributed by atoms with Crippen LogP contribution in [-0.2, 0) is 5.41 Å². The molecular formula is C13H20N2S. The number of nitrogens with two attached hydrogens (primary N) is 1. The summed E-state index contributed by atoms with van der Waals surface area (Å²) in [6, 6.07) is 6.96. The topological polar surface area (TPSA) is 38.0 Å². The fourth-order valence-electron chi connectivity index (χ4n) is 1.99. The quantitative estimate of drug-likeness (QED) is 0.787. The first kappa shape index (κ1) is 11.8. The van der Waals surface area contributed by atoms with E-state index in [9.17, 15) is 0 Å². The molecule has 0 radical (unpaired) electrons. The summed E-state index contributed by atoms with van der Waals surface area (Å²) in [5, 5.41) is 3.58. The molecule has 0 aliphatic carbocycles. The SMILES string of the molecule is CC(C)(C)c1cccc2c1NC(CN)CS2. The second-order valence-corrected chi connectivity index (χ2v) is 6.38. The van der Waals surface area contributed by atoms with Gasteiger partial charge in [0, 0.05) is 23.2 Å². The Hall–Kier alpha value is -0.670. The lowest BCUT2D eigenvalue weighted by Gasteiger charge is -2.31. The summed E-state index contributed by atoms with van der Waals surface area (Å²) < 4.78 is 0. The van der Waals surface area contributed by atoms with Gasteiger partial charge in [-0.25, -0.2) is 0 Å². The highest BCUT2D eigenvalue weighted by Gasteiger charge is 2.24. The maximum atomic E-state index is 5.74. The molecule has 0 saturated heterocycles. The fourth-order valence-corrected chi connectivity index (χ4v) is 3.08. The molecule has 3 N–H and O–H groups in total. The molecule has 3 heteroatoms. The molecule has 0 bridgehead atoms. The molecule has 1 heterocycles. The van der Waals surface area contributed by atoms with Crippen molar-refractivity contribution in [1.82, 2.24) is 0 Å². The van der Waals surface area contributed by atoms with Crippen LogP contribution in [0.4, 0.5) is 5.69 Å². The normalized spacial score (nSPS) is 20.1. The van der Waals surface area contributed by atoms with Gasteiger partial charge in [-0.15, -0.1) is 11.8 Å². The highest BCUT2D eigenvalue weighted by Crippen LogP contribution is 2.40. The molecule has 0 spiro atoms. The van der Waals surface area contributed by atoms with Gasteiger partial charge in [-0.2, -0.15) is 0 Å². The van der Waals surface area contributed by atoms with E-state index in [1.165, 1.54) is 16.1 Å². The van der Waals surface area contributed by atoms with Gasteiger partial charge in [0.05, 0.1) is 5.69 Å². The molecule has 1 aliphatic rings. The molecular weight excluding hydrogens is 216 g/mol. The lowest BCUT2D eigenvalue weighted by molar-refractivity contribution is 0.588. The van der Waals surface area contributed by atoms with Crippen LogP contribution in [0.3, 0.4) is 0 Å². The predicted octanol–water partition coefficient (Wildman–Crippen LogP) is 2.83. The second-order valence-electron chi connectivity index (χ2n) is 5.32. The molecule has 1 aromatic carbocycles. The lowest BCUT2D eigenvalue weighted by Crippen LogP contribution is -2.34. The van der Waals surface area contributed by atoms with Crippen LogP contribution < -0.4 is 11.1 Å². The minimum absolute atomic E-state index is 0.176. The number of fused-ring (bicyclic) bond motifs is 1. The van der Waals surface area contributed by atoms with Gasteiger partial charge in [0.25, 0.3) is 0 Å². The molecule has 1 aliphatic heterocycles. The van der Waals surface area contributed by atoms with E-state index in [-0.39, 0.29) is 5.41 Å². The first-order valence-electron chi connectivity index (χ1n) is 5.75. The zero-order chi connectivity index (χ0) is 11.8. The summed E-state index contributed by atoms with van der Waals surface area (Å²) in [5.74, 6) is 1.07. The van der Waals surface area contributed by atoms with Crippen LogP contribution in [0, 0.1) is 0 Å². The highest BCUT2D eigenvalue weighted by molar-refractivity contribution is 7.99. The van der Waals surface area contributed by atoms with E-state index in [4.69, 9.17) is 5.73 Å². The van der Waals surface area contributed by atoms with Crippen molar-refractivity contribution in [3.05, 3.63) is 23.8 Å². The van der Waals surface area contributed by atoms with E-state index in [0.29, 0.717) is 12.6 Å². The van der Waals surface area contributed by atoms with E-state index in [1.54, 1.807) is 0 Å². The van der Waals surface area contributed by atoms with Gasteiger partial charge in [0.15, 0.2) is 0 Å². The van der Waals surface area contributed by atoms with Crippen molar-refractivity contribution in [3.63, 3.8) is 0 Å². The third-order valence-electron chi connectivity index (χ3n) is 2.91. The zero-order valence-corrected chi connectivity index (χ0v) is 11.0. The third-order valence-corrected chi connectivity index (χ3v) is 4.13. The number of hydrogen-bond donors (Lipinski definition) is 2. The molecule has 0 aromatic heterocycles. The Labute approximate surface area is 102 Å². The van der Waals surface area contributed by atoms with Gasteiger partial charge in [0.1, 0.15) is 0 Å². The van der Waals surface area contributed by atoms with E-state index in [0.717, 1.165) is 5.75 Å². The van der Waals surface area contributed by atoms with Gasteiger partial charge in [0.2, 0.25) is 0 Å². The number of nitrogens with one attached hydrogen (secondary N) is 1. The molecule has 0 fully saturated rings. The zero-order valence-electron chi connectivity index (χ0n) is 10.2. The van der Waals surface area contributed by atoms with E-state index in [2.05, 4.69) is 44.3 Å². The monoisotopic (exact) mass is 236 g/mol. The van der Waals surface area contributed by atoms with Crippen molar-refractivity contribution in [2.75, 3.05) is 17.6 Å². The fraction of sp³-hybridized carbons (Fsp3) is 0.538. The van der Waals surface area contributed by atoms with Crippen molar-refractivity contribution in [1.29, 1.82) is 0 Å². The van der Waals surface area contributed by atoms with E-state index in [1.807, 2.05) is 11.8 Å². The molecule has 16 heavy (non-hydrogen) atoms. The van der Waals surface area contributed by atoms with E-state index >= 15 is 0 Å². The predicted molar refractivity (Wildman–Crippen MR) is 72.3 cm³/mol. The Morgan fingerprint density at radius 2 is 2.19 bits per heavy atom. The Bertz CT molecular complexity index is 382. The van der Waals surface area contributed by atoms with Crippen LogP contribution in [0.1, 0.15) is 26.3 Å². The maximum Gasteiger partial charge on any atom is 0.0519 e. The maximum absolute atomic E-state index is 5.74. The molecule has 1 aromatic rings. The molecule has 2 nitrogen and oxygen atoms in total. The van der Waals surface area contributed by atoms with E-state index < -0.39 is 0 Å². The van der Waals surface area contributed by atoms with Crippen molar-refractivity contribution >= 4 is 17.4 Å². The Balaban J connectivity index is 2.42. The minimum atomic E-state index is 0.176. The molecule has 88 valence electrons. The average Bonchev–Trinajstić information content (AvgIpc) is 2.26. The summed E-state index contributed by atoms with van der Waals surface area (Å²) in [5.41, 5.74) is 8.60. The van der Waals surface area contributed by atoms with Crippen LogP contribution in [0.25, 0.3) is 0 Å². The number of benzene rings is 1. The third kappa shape index (κ3) is 2.20. The lowest BCUT2D eigenvalue weighted by atomic mass is 9.85. The molecule has 2 rings (SSSR count). The summed E-state index contributed by atoms with van der Waals surface area (Å²) in [7, 11) is 0. The Kier molecular flexibility index (Phi) is 3.17. The molecule has 1 atom stereocenters. The number of para-hydroxylation sites is 1. The van der Waals surface area contributed by atoms with Gasteiger partial charge < -0.3 is 11.1 Å². The van der Waals surface area contributed by atoms with Gasteiger partial charge >= 0.3 is 0 Å². The first-order chi connectivity index (χ1) is 7.52. The van der Waals surface area contributed by atoms with Gasteiger partial charge in [-0.1, -0.05) is 32.9 Å². The summed E-state index contributed by atoms with van der Waals surface area (Å²) in [6.07, 6.45) is 0. The highest BCUT2D eigenvalue weighted by atomic mass is 32.2. The van der Waals surface area contributed by atoms with Crippen molar-refractivity contribution in [2.24, 2.45) is 5.73 Å². The summed E-state index contributed by atoms with van der Waals surface area (Å²) >= 11 is 1.91. The number of rotatable bonds is 1. The van der Waals surface area contributed by atoms with Gasteiger partial charge in [-0.05, 0) is 17.0 Å². The Morgan fingerprint density at radius 3 is 2.81 bits per heavy atom. The largest absolute Gasteiger partial charge is 0.379 e. The van der Waals surface area contributed by atoms with Crippen LogP contribution in [0.15, 0.2) is 23.1 Å². The van der Waals surface area contributed by atoms with Crippen LogP contribution >= 0.6 is 11.8 Å². The first-order valence-corrected chi connectivity index (χ1v) is 6.74. The van der Waals surface area contributed by atoms with Crippen LogP contribution in [-0.4, -0.2) is 18.3 Å². The molecule has 0 saturated carbocycles. The van der Waals surface area contributed by atoms with Crippen molar-refractivity contribution in [3.8, 4) is 0 Å². The van der Waals surface area contributed by atoms with Gasteiger partial charge in [-0.3, -0.25) is 0 Å². The number of thioether (sulfide) groups is 1. The number of anilines is 1. The summed E-state index contributed by atoms with van der Waals surface area (Å²) in [6.45, 7) is 7.45. The van der Waals surface area contributed by atoms with Crippen LogP contribution in [0.5, 0.6) is 0 Å². The van der Waals surface area contributed by atoms with Crippen molar-refractivity contribution < 1.29 is 0 Å². The standard InChI is InChI=1S/C13H20N2S/c1-13(2,3)10-5-4-6-11-12(10)15-9(7-14)8-16-11/h4-6,9,15H,7-8,14H2,1-3H3.